The summed E-state index contributed by atoms with van der Waals surface area (Å²) in [4.78, 5) is 33.7. The maximum atomic E-state index is 13.1. The lowest BCUT2D eigenvalue weighted by Crippen LogP contribution is -2.33. The van der Waals surface area contributed by atoms with E-state index in [9.17, 15) is 18.8 Å². The number of carboxylic acid groups (broad SMARTS) is 1. The molecular formula is C12H10FN3O4. The van der Waals surface area contributed by atoms with Crippen molar-refractivity contribution in [3.05, 3.63) is 29.6 Å². The Bertz CT molecular complexity index is 627. The first kappa shape index (κ1) is 13.7. The molecule has 0 fully saturated rings. The Morgan fingerprint density at radius 1 is 1.35 bits per heavy atom. The molecule has 1 aliphatic rings. The van der Waals surface area contributed by atoms with E-state index in [2.05, 4.69) is 15.8 Å². The number of hydrazone groups is 1. The van der Waals surface area contributed by atoms with Gasteiger partial charge in [-0.2, -0.15) is 5.10 Å². The Morgan fingerprint density at radius 3 is 2.70 bits per heavy atom. The van der Waals surface area contributed by atoms with Gasteiger partial charge in [0.15, 0.2) is 0 Å². The third-order valence-electron chi connectivity index (χ3n) is 2.63. The fourth-order valence-electron chi connectivity index (χ4n) is 1.64. The van der Waals surface area contributed by atoms with Gasteiger partial charge in [0, 0.05) is 12.8 Å². The van der Waals surface area contributed by atoms with E-state index in [1.807, 2.05) is 0 Å². The first-order chi connectivity index (χ1) is 9.47. The molecule has 1 heterocycles. The van der Waals surface area contributed by atoms with Crippen molar-refractivity contribution in [3.8, 4) is 0 Å². The normalized spacial score (nSPS) is 14.2. The zero-order valence-electron chi connectivity index (χ0n) is 10.1. The van der Waals surface area contributed by atoms with E-state index in [-0.39, 0.29) is 35.7 Å². The monoisotopic (exact) mass is 279 g/mol. The van der Waals surface area contributed by atoms with Gasteiger partial charge in [-0.05, 0) is 18.2 Å². The van der Waals surface area contributed by atoms with Gasteiger partial charge >= 0.3 is 5.97 Å². The molecule has 2 rings (SSSR count). The van der Waals surface area contributed by atoms with E-state index in [1.165, 1.54) is 0 Å². The average molecular weight is 279 g/mol. The van der Waals surface area contributed by atoms with Gasteiger partial charge in [0.25, 0.3) is 5.91 Å². The summed E-state index contributed by atoms with van der Waals surface area (Å²) in [6, 6.07) is 2.94. The molecule has 0 spiro atoms. The molecule has 7 nitrogen and oxygen atoms in total. The van der Waals surface area contributed by atoms with Crippen LogP contribution in [-0.4, -0.2) is 28.6 Å². The highest BCUT2D eigenvalue weighted by Gasteiger charge is 2.20. The van der Waals surface area contributed by atoms with Crippen molar-refractivity contribution in [3.63, 3.8) is 0 Å². The maximum Gasteiger partial charge on any atom is 0.337 e. The van der Waals surface area contributed by atoms with Crippen LogP contribution in [0.4, 0.5) is 10.1 Å². The molecule has 0 saturated carbocycles. The smallest absolute Gasteiger partial charge is 0.337 e. The Kier molecular flexibility index (Phi) is 3.74. The summed E-state index contributed by atoms with van der Waals surface area (Å²) in [7, 11) is 0. The van der Waals surface area contributed by atoms with Gasteiger partial charge in [-0.15, -0.1) is 0 Å². The molecule has 3 N–H and O–H groups in total. The topological polar surface area (TPSA) is 108 Å². The molecule has 20 heavy (non-hydrogen) atoms. The van der Waals surface area contributed by atoms with Gasteiger partial charge in [-0.3, -0.25) is 9.59 Å². The van der Waals surface area contributed by atoms with Crippen LogP contribution in [0.25, 0.3) is 0 Å². The second-order valence-electron chi connectivity index (χ2n) is 4.04. The lowest BCUT2D eigenvalue weighted by atomic mass is 10.1. The van der Waals surface area contributed by atoms with Crippen LogP contribution in [0.3, 0.4) is 0 Å². The second-order valence-corrected chi connectivity index (χ2v) is 4.04. The highest BCUT2D eigenvalue weighted by molar-refractivity contribution is 6.43. The Hall–Kier alpha value is -2.77. The highest BCUT2D eigenvalue weighted by Crippen LogP contribution is 2.17. The van der Waals surface area contributed by atoms with Gasteiger partial charge in [-0.25, -0.2) is 14.6 Å². The predicted octanol–water partition coefficient (Wildman–Crippen LogP) is 0.728. The molecule has 8 heteroatoms. The molecule has 0 bridgehead atoms. The summed E-state index contributed by atoms with van der Waals surface area (Å²) in [5, 5.41) is 14.8. The van der Waals surface area contributed by atoms with Crippen LogP contribution < -0.4 is 10.7 Å². The fourth-order valence-corrected chi connectivity index (χ4v) is 1.64. The van der Waals surface area contributed by atoms with Crippen LogP contribution >= 0.6 is 0 Å². The van der Waals surface area contributed by atoms with Gasteiger partial charge in [0.05, 0.1) is 11.3 Å². The van der Waals surface area contributed by atoms with E-state index in [0.717, 1.165) is 18.2 Å². The summed E-state index contributed by atoms with van der Waals surface area (Å²) in [6.07, 6.45) is 0.247. The van der Waals surface area contributed by atoms with Crippen LogP contribution in [0.2, 0.25) is 0 Å². The summed E-state index contributed by atoms with van der Waals surface area (Å²) >= 11 is 0. The number of aromatic carboxylic acids is 1. The summed E-state index contributed by atoms with van der Waals surface area (Å²) < 4.78 is 13.1. The minimum absolute atomic E-state index is 0.0465. The predicted molar refractivity (Wildman–Crippen MR) is 66.8 cm³/mol. The molecule has 0 radical (unpaired) electrons. The SMILES string of the molecule is O=C1CCC(C(=O)Nc2cc(F)ccc2C(=O)O)=NN1. The Balaban J connectivity index is 2.21. The first-order valence-corrected chi connectivity index (χ1v) is 5.67. The van der Waals surface area contributed by atoms with Crippen LogP contribution in [-0.2, 0) is 9.59 Å². The van der Waals surface area contributed by atoms with Crippen LogP contribution in [0.15, 0.2) is 23.3 Å². The quantitative estimate of drug-likeness (QED) is 0.757. The molecule has 0 atom stereocenters. The van der Waals surface area contributed by atoms with Crippen molar-refractivity contribution >= 4 is 29.2 Å². The summed E-state index contributed by atoms with van der Waals surface area (Å²) in [6.45, 7) is 0. The fraction of sp³-hybridized carbons (Fsp3) is 0.167. The standard InChI is InChI=1S/C12H10FN3O4/c13-6-1-2-7(12(19)20)9(5-6)14-11(18)8-3-4-10(17)16-15-8/h1-2,5H,3-4H2,(H,14,18)(H,16,17)(H,19,20). The van der Waals surface area contributed by atoms with Gasteiger partial charge in [0.1, 0.15) is 11.5 Å². The zero-order chi connectivity index (χ0) is 14.7. The lowest BCUT2D eigenvalue weighted by molar-refractivity contribution is -0.121. The lowest BCUT2D eigenvalue weighted by Gasteiger charge is -2.13. The van der Waals surface area contributed by atoms with Crippen molar-refractivity contribution in [2.75, 3.05) is 5.32 Å². The van der Waals surface area contributed by atoms with E-state index < -0.39 is 17.7 Å². The van der Waals surface area contributed by atoms with E-state index >= 15 is 0 Å². The van der Waals surface area contributed by atoms with Crippen molar-refractivity contribution in [2.45, 2.75) is 12.8 Å². The third kappa shape index (κ3) is 2.97. The molecule has 0 aromatic heterocycles. The number of carbonyl (C=O) groups excluding carboxylic acids is 2. The van der Waals surface area contributed by atoms with Crippen LogP contribution in [0.1, 0.15) is 23.2 Å². The van der Waals surface area contributed by atoms with Crippen molar-refractivity contribution < 1.29 is 23.9 Å². The van der Waals surface area contributed by atoms with Crippen molar-refractivity contribution in [2.24, 2.45) is 5.10 Å². The first-order valence-electron chi connectivity index (χ1n) is 5.67. The highest BCUT2D eigenvalue weighted by atomic mass is 19.1. The molecular weight excluding hydrogens is 269 g/mol. The number of benzene rings is 1. The number of anilines is 1. The Morgan fingerprint density at radius 2 is 2.10 bits per heavy atom. The van der Waals surface area contributed by atoms with E-state index in [1.54, 1.807) is 0 Å². The molecule has 1 aromatic carbocycles. The molecule has 2 amide bonds. The number of hydrogen-bond acceptors (Lipinski definition) is 4. The number of rotatable bonds is 3. The summed E-state index contributed by atoms with van der Waals surface area (Å²) in [5.41, 5.74) is 1.79. The maximum absolute atomic E-state index is 13.1. The van der Waals surface area contributed by atoms with E-state index in [0.29, 0.717) is 0 Å². The van der Waals surface area contributed by atoms with Gasteiger partial charge in [-0.1, -0.05) is 0 Å². The molecule has 0 unspecified atom stereocenters. The average Bonchev–Trinajstić information content (AvgIpc) is 2.39. The third-order valence-corrected chi connectivity index (χ3v) is 2.63. The van der Waals surface area contributed by atoms with Crippen LogP contribution in [0, 0.1) is 5.82 Å². The number of hydrogen-bond donors (Lipinski definition) is 3. The largest absolute Gasteiger partial charge is 0.478 e. The van der Waals surface area contributed by atoms with Gasteiger partial charge < -0.3 is 10.4 Å². The second kappa shape index (κ2) is 5.47. The van der Waals surface area contributed by atoms with E-state index in [4.69, 9.17) is 5.11 Å². The number of carbonyl (C=O) groups is 3. The number of carboxylic acids is 1. The number of nitrogens with one attached hydrogen (secondary N) is 2. The minimum Gasteiger partial charge on any atom is -0.478 e. The Labute approximate surface area is 112 Å². The summed E-state index contributed by atoms with van der Waals surface area (Å²) in [5.74, 6) is -2.96. The minimum atomic E-state index is -1.29. The molecule has 1 aliphatic heterocycles. The molecule has 0 aliphatic carbocycles. The number of nitrogens with zero attached hydrogens (tertiary/aromatic N) is 1. The number of amides is 2. The van der Waals surface area contributed by atoms with Crippen molar-refractivity contribution in [1.29, 1.82) is 0 Å². The van der Waals surface area contributed by atoms with Gasteiger partial charge in [0.2, 0.25) is 5.91 Å². The number of halogens is 1. The van der Waals surface area contributed by atoms with Crippen LogP contribution in [0.5, 0.6) is 0 Å². The zero-order valence-corrected chi connectivity index (χ0v) is 10.1. The molecule has 104 valence electrons. The molecule has 1 aromatic rings. The molecule has 0 saturated heterocycles. The van der Waals surface area contributed by atoms with Crippen molar-refractivity contribution in [1.82, 2.24) is 5.43 Å².